The molecule has 0 saturated heterocycles. The zero-order valence-corrected chi connectivity index (χ0v) is 10.6. The SMILES string of the molecule is CCCC(F)C(F)COc1ccc(CCl)cc1. The Morgan fingerprint density at radius 1 is 1.18 bits per heavy atom. The molecule has 0 N–H and O–H groups in total. The molecule has 1 rings (SSSR count). The van der Waals surface area contributed by atoms with E-state index in [-0.39, 0.29) is 13.0 Å². The number of benzene rings is 1. The zero-order chi connectivity index (χ0) is 12.7. The van der Waals surface area contributed by atoms with Crippen molar-refractivity contribution >= 4 is 11.6 Å². The number of hydrogen-bond donors (Lipinski definition) is 0. The second kappa shape index (κ2) is 7.49. The van der Waals surface area contributed by atoms with E-state index < -0.39 is 12.3 Å². The molecule has 0 radical (unpaired) electrons. The van der Waals surface area contributed by atoms with E-state index in [9.17, 15) is 8.78 Å². The van der Waals surface area contributed by atoms with Gasteiger partial charge in [-0.2, -0.15) is 0 Å². The van der Waals surface area contributed by atoms with Crippen molar-refractivity contribution in [2.24, 2.45) is 0 Å². The normalized spacial score (nSPS) is 14.4. The van der Waals surface area contributed by atoms with Crippen LogP contribution in [-0.2, 0) is 5.88 Å². The second-order valence-electron chi connectivity index (χ2n) is 3.91. The molecule has 0 bridgehead atoms. The largest absolute Gasteiger partial charge is 0.490 e. The Balaban J connectivity index is 2.38. The van der Waals surface area contributed by atoms with Crippen molar-refractivity contribution in [3.05, 3.63) is 29.8 Å². The molecule has 0 spiro atoms. The lowest BCUT2D eigenvalue weighted by Gasteiger charge is -2.14. The van der Waals surface area contributed by atoms with Gasteiger partial charge in [0.25, 0.3) is 0 Å². The summed E-state index contributed by atoms with van der Waals surface area (Å²) >= 11 is 5.63. The molecule has 96 valence electrons. The van der Waals surface area contributed by atoms with Crippen LogP contribution in [0.2, 0.25) is 0 Å². The highest BCUT2D eigenvalue weighted by Crippen LogP contribution is 2.16. The Bertz CT molecular complexity index is 316. The highest BCUT2D eigenvalue weighted by Gasteiger charge is 2.19. The van der Waals surface area contributed by atoms with E-state index in [1.807, 2.05) is 6.92 Å². The average molecular weight is 263 g/mol. The van der Waals surface area contributed by atoms with E-state index in [2.05, 4.69) is 0 Å². The van der Waals surface area contributed by atoms with Crippen LogP contribution in [0.15, 0.2) is 24.3 Å². The number of alkyl halides is 3. The van der Waals surface area contributed by atoms with Crippen LogP contribution in [0.3, 0.4) is 0 Å². The average Bonchev–Trinajstić information content (AvgIpc) is 2.36. The molecule has 1 aromatic rings. The van der Waals surface area contributed by atoms with Gasteiger partial charge in [0.1, 0.15) is 18.5 Å². The van der Waals surface area contributed by atoms with Gasteiger partial charge in [-0.1, -0.05) is 25.5 Å². The van der Waals surface area contributed by atoms with Gasteiger partial charge in [0, 0.05) is 5.88 Å². The zero-order valence-electron chi connectivity index (χ0n) is 9.83. The molecule has 0 aliphatic rings. The highest BCUT2D eigenvalue weighted by atomic mass is 35.5. The van der Waals surface area contributed by atoms with E-state index in [0.29, 0.717) is 18.1 Å². The number of rotatable bonds is 7. The summed E-state index contributed by atoms with van der Waals surface area (Å²) < 4.78 is 31.6. The molecule has 0 aliphatic carbocycles. The van der Waals surface area contributed by atoms with Gasteiger partial charge in [-0.25, -0.2) is 8.78 Å². The van der Waals surface area contributed by atoms with Crippen LogP contribution in [0, 0.1) is 0 Å². The first-order valence-corrected chi connectivity index (χ1v) is 6.26. The van der Waals surface area contributed by atoms with Crippen LogP contribution in [0.4, 0.5) is 8.78 Å². The fourth-order valence-electron chi connectivity index (χ4n) is 1.41. The van der Waals surface area contributed by atoms with E-state index in [4.69, 9.17) is 16.3 Å². The van der Waals surface area contributed by atoms with Gasteiger partial charge in [0.2, 0.25) is 0 Å². The Labute approximate surface area is 106 Å². The first-order valence-electron chi connectivity index (χ1n) is 5.73. The summed E-state index contributed by atoms with van der Waals surface area (Å²) in [5, 5.41) is 0. The maximum atomic E-state index is 13.3. The predicted molar refractivity (Wildman–Crippen MR) is 66.2 cm³/mol. The molecule has 0 heterocycles. The van der Waals surface area contributed by atoms with Crippen molar-refractivity contribution in [1.29, 1.82) is 0 Å². The summed E-state index contributed by atoms with van der Waals surface area (Å²) in [6, 6.07) is 7.01. The molecule has 0 aliphatic heterocycles. The minimum Gasteiger partial charge on any atom is -0.490 e. The number of halogens is 3. The van der Waals surface area contributed by atoms with Crippen LogP contribution < -0.4 is 4.74 Å². The van der Waals surface area contributed by atoms with Gasteiger partial charge in [-0.3, -0.25) is 0 Å². The first-order chi connectivity index (χ1) is 8.17. The van der Waals surface area contributed by atoms with E-state index >= 15 is 0 Å². The topological polar surface area (TPSA) is 9.23 Å². The molecule has 1 nitrogen and oxygen atoms in total. The van der Waals surface area contributed by atoms with Crippen molar-refractivity contribution in [3.63, 3.8) is 0 Å². The van der Waals surface area contributed by atoms with Gasteiger partial charge in [-0.05, 0) is 24.1 Å². The second-order valence-corrected chi connectivity index (χ2v) is 4.18. The Morgan fingerprint density at radius 3 is 2.35 bits per heavy atom. The Morgan fingerprint density at radius 2 is 1.82 bits per heavy atom. The molecule has 0 aromatic heterocycles. The smallest absolute Gasteiger partial charge is 0.165 e. The molecule has 2 atom stereocenters. The van der Waals surface area contributed by atoms with Crippen LogP contribution in [0.25, 0.3) is 0 Å². The summed E-state index contributed by atoms with van der Waals surface area (Å²) in [7, 11) is 0. The molecule has 17 heavy (non-hydrogen) atoms. The van der Waals surface area contributed by atoms with Crippen LogP contribution in [0.1, 0.15) is 25.3 Å². The minimum atomic E-state index is -1.57. The molecule has 1 aromatic carbocycles. The summed E-state index contributed by atoms with van der Waals surface area (Å²) in [5.74, 6) is 0.958. The molecule has 4 heteroatoms. The van der Waals surface area contributed by atoms with E-state index in [0.717, 1.165) is 5.56 Å². The first kappa shape index (κ1) is 14.2. The van der Waals surface area contributed by atoms with Crippen LogP contribution in [-0.4, -0.2) is 19.0 Å². The summed E-state index contributed by atoms with van der Waals surface area (Å²) in [6.07, 6.45) is -2.15. The highest BCUT2D eigenvalue weighted by molar-refractivity contribution is 6.17. The lowest BCUT2D eigenvalue weighted by atomic mass is 10.1. The van der Waals surface area contributed by atoms with Gasteiger partial charge in [0.05, 0.1) is 0 Å². The standard InChI is InChI=1S/C13H17ClF2O/c1-2-3-12(15)13(16)9-17-11-6-4-10(8-14)5-7-11/h4-7,12-13H,2-3,8-9H2,1H3. The van der Waals surface area contributed by atoms with Crippen LogP contribution in [0.5, 0.6) is 5.75 Å². The Hall–Kier alpha value is -0.830. The van der Waals surface area contributed by atoms with Crippen molar-refractivity contribution in [1.82, 2.24) is 0 Å². The van der Waals surface area contributed by atoms with E-state index in [1.54, 1.807) is 24.3 Å². The molecule has 0 saturated carbocycles. The lowest BCUT2D eigenvalue weighted by Crippen LogP contribution is -2.24. The third-order valence-electron chi connectivity index (χ3n) is 2.44. The molecule has 0 fully saturated rings. The quantitative estimate of drug-likeness (QED) is 0.667. The minimum absolute atomic E-state index is 0.232. The molecular weight excluding hydrogens is 246 g/mol. The van der Waals surface area contributed by atoms with Gasteiger partial charge in [-0.15, -0.1) is 11.6 Å². The maximum Gasteiger partial charge on any atom is 0.165 e. The molecular formula is C13H17ClF2O. The maximum absolute atomic E-state index is 13.3. The lowest BCUT2D eigenvalue weighted by molar-refractivity contribution is 0.103. The predicted octanol–water partition coefficient (Wildman–Crippen LogP) is 4.28. The third kappa shape index (κ3) is 4.90. The number of hydrogen-bond acceptors (Lipinski definition) is 1. The van der Waals surface area contributed by atoms with Gasteiger partial charge < -0.3 is 4.74 Å². The monoisotopic (exact) mass is 262 g/mol. The fourth-order valence-corrected chi connectivity index (χ4v) is 1.59. The fraction of sp³-hybridized carbons (Fsp3) is 0.538. The van der Waals surface area contributed by atoms with Crippen molar-refractivity contribution in [2.45, 2.75) is 38.0 Å². The molecule has 2 unspecified atom stereocenters. The summed E-state index contributed by atoms with van der Waals surface area (Å²) in [6.45, 7) is 1.58. The third-order valence-corrected chi connectivity index (χ3v) is 2.75. The number of ether oxygens (including phenoxy) is 1. The van der Waals surface area contributed by atoms with Crippen molar-refractivity contribution in [3.8, 4) is 5.75 Å². The summed E-state index contributed by atoms with van der Waals surface area (Å²) in [5.41, 5.74) is 0.963. The van der Waals surface area contributed by atoms with Gasteiger partial charge in [0.15, 0.2) is 6.17 Å². The molecule has 0 amide bonds. The van der Waals surface area contributed by atoms with Crippen molar-refractivity contribution in [2.75, 3.05) is 6.61 Å². The van der Waals surface area contributed by atoms with E-state index in [1.165, 1.54) is 0 Å². The summed E-state index contributed by atoms with van der Waals surface area (Å²) in [4.78, 5) is 0. The Kier molecular flexibility index (Phi) is 6.27. The van der Waals surface area contributed by atoms with Gasteiger partial charge >= 0.3 is 0 Å². The van der Waals surface area contributed by atoms with Crippen LogP contribution >= 0.6 is 11.6 Å². The van der Waals surface area contributed by atoms with Crippen molar-refractivity contribution < 1.29 is 13.5 Å².